The molecular formula is C17H23N3O2S. The van der Waals surface area contributed by atoms with Crippen LogP contribution in [0.3, 0.4) is 0 Å². The fraction of sp³-hybridized carbons (Fsp3) is 0.529. The second kappa shape index (κ2) is 7.36. The highest BCUT2D eigenvalue weighted by Crippen LogP contribution is 2.14. The third kappa shape index (κ3) is 3.87. The topological polar surface area (TPSA) is 52.7 Å². The lowest BCUT2D eigenvalue weighted by molar-refractivity contribution is -0.140. The average Bonchev–Trinajstić information content (AvgIpc) is 3.11. The molecule has 2 aliphatic heterocycles. The van der Waals surface area contributed by atoms with Crippen LogP contribution in [0, 0.1) is 6.92 Å². The number of carbonyl (C=O) groups excluding carboxylic acids is 2. The maximum Gasteiger partial charge on any atom is 0.240 e. The average molecular weight is 333 g/mol. The van der Waals surface area contributed by atoms with Gasteiger partial charge in [0.15, 0.2) is 0 Å². The SMILES string of the molecule is Cc1ccccc1CC(=O)N1CCN(C(=O)C2CSCN2)CC1. The molecule has 1 unspecified atom stereocenters. The van der Waals surface area contributed by atoms with Crippen LogP contribution in [0.25, 0.3) is 0 Å². The van der Waals surface area contributed by atoms with Gasteiger partial charge in [-0.15, -0.1) is 11.8 Å². The van der Waals surface area contributed by atoms with Gasteiger partial charge in [0.25, 0.3) is 0 Å². The van der Waals surface area contributed by atoms with E-state index in [1.54, 1.807) is 11.8 Å². The van der Waals surface area contributed by atoms with E-state index in [1.807, 2.05) is 41.0 Å². The summed E-state index contributed by atoms with van der Waals surface area (Å²) < 4.78 is 0. The predicted octanol–water partition coefficient (Wildman–Crippen LogP) is 0.871. The van der Waals surface area contributed by atoms with Gasteiger partial charge in [0.1, 0.15) is 0 Å². The number of aryl methyl sites for hydroxylation is 1. The first-order valence-corrected chi connectivity index (χ1v) is 9.23. The van der Waals surface area contributed by atoms with E-state index in [0.29, 0.717) is 32.6 Å². The van der Waals surface area contributed by atoms with Crippen LogP contribution in [0.2, 0.25) is 0 Å². The molecular weight excluding hydrogens is 310 g/mol. The minimum Gasteiger partial charge on any atom is -0.339 e. The molecule has 2 fully saturated rings. The lowest BCUT2D eigenvalue weighted by Gasteiger charge is -2.36. The highest BCUT2D eigenvalue weighted by Gasteiger charge is 2.30. The van der Waals surface area contributed by atoms with Gasteiger partial charge >= 0.3 is 0 Å². The van der Waals surface area contributed by atoms with Gasteiger partial charge in [-0.2, -0.15) is 0 Å². The van der Waals surface area contributed by atoms with Crippen molar-refractivity contribution in [1.82, 2.24) is 15.1 Å². The smallest absolute Gasteiger partial charge is 0.240 e. The quantitative estimate of drug-likeness (QED) is 0.892. The molecule has 2 aliphatic rings. The van der Waals surface area contributed by atoms with E-state index in [-0.39, 0.29) is 17.9 Å². The molecule has 0 aliphatic carbocycles. The molecule has 1 N–H and O–H groups in total. The first kappa shape index (κ1) is 16.3. The Morgan fingerprint density at radius 1 is 1.17 bits per heavy atom. The van der Waals surface area contributed by atoms with E-state index in [0.717, 1.165) is 22.8 Å². The number of thioether (sulfide) groups is 1. The monoisotopic (exact) mass is 333 g/mol. The molecule has 0 aromatic heterocycles. The summed E-state index contributed by atoms with van der Waals surface area (Å²) in [5.41, 5.74) is 2.24. The van der Waals surface area contributed by atoms with Crippen molar-refractivity contribution in [3.8, 4) is 0 Å². The molecule has 1 aromatic rings. The number of rotatable bonds is 3. The molecule has 2 saturated heterocycles. The molecule has 0 spiro atoms. The van der Waals surface area contributed by atoms with Crippen molar-refractivity contribution in [3.05, 3.63) is 35.4 Å². The Morgan fingerprint density at radius 2 is 1.87 bits per heavy atom. The Bertz CT molecular complexity index is 579. The molecule has 0 bridgehead atoms. The minimum absolute atomic E-state index is 0.0470. The number of benzene rings is 1. The summed E-state index contributed by atoms with van der Waals surface area (Å²) >= 11 is 1.76. The number of nitrogens with one attached hydrogen (secondary N) is 1. The van der Waals surface area contributed by atoms with Crippen molar-refractivity contribution >= 4 is 23.6 Å². The van der Waals surface area contributed by atoms with Gasteiger partial charge in [-0.3, -0.25) is 14.9 Å². The molecule has 0 radical (unpaired) electrons. The molecule has 124 valence electrons. The standard InChI is InChI=1S/C17H23N3O2S/c1-13-4-2-3-5-14(13)10-16(21)19-6-8-20(9-7-19)17(22)15-11-23-12-18-15/h2-5,15,18H,6-12H2,1H3. The molecule has 1 aromatic carbocycles. The van der Waals surface area contributed by atoms with Crippen molar-refractivity contribution in [2.75, 3.05) is 37.8 Å². The summed E-state index contributed by atoms with van der Waals surface area (Å²) in [7, 11) is 0. The van der Waals surface area contributed by atoms with E-state index < -0.39 is 0 Å². The predicted molar refractivity (Wildman–Crippen MR) is 92.3 cm³/mol. The van der Waals surface area contributed by atoms with Crippen molar-refractivity contribution < 1.29 is 9.59 Å². The number of amides is 2. The highest BCUT2D eigenvalue weighted by molar-refractivity contribution is 7.99. The van der Waals surface area contributed by atoms with Crippen LogP contribution in [0.4, 0.5) is 0 Å². The molecule has 2 heterocycles. The normalized spacial score (nSPS) is 21.5. The molecule has 0 saturated carbocycles. The Morgan fingerprint density at radius 3 is 2.52 bits per heavy atom. The molecule has 3 rings (SSSR count). The molecule has 2 amide bonds. The first-order chi connectivity index (χ1) is 11.1. The van der Waals surface area contributed by atoms with E-state index in [2.05, 4.69) is 5.32 Å². The zero-order valence-corrected chi connectivity index (χ0v) is 14.3. The van der Waals surface area contributed by atoms with Gasteiger partial charge in [0.05, 0.1) is 12.5 Å². The number of piperazine rings is 1. The van der Waals surface area contributed by atoms with Gasteiger partial charge in [0.2, 0.25) is 11.8 Å². The number of nitrogens with zero attached hydrogens (tertiary/aromatic N) is 2. The van der Waals surface area contributed by atoms with E-state index >= 15 is 0 Å². The molecule has 1 atom stereocenters. The lowest BCUT2D eigenvalue weighted by atomic mass is 10.1. The van der Waals surface area contributed by atoms with Crippen molar-refractivity contribution in [2.24, 2.45) is 0 Å². The Hall–Kier alpha value is -1.53. The summed E-state index contributed by atoms with van der Waals surface area (Å²) in [4.78, 5) is 28.6. The fourth-order valence-electron chi connectivity index (χ4n) is 3.03. The van der Waals surface area contributed by atoms with Crippen LogP contribution < -0.4 is 5.32 Å². The van der Waals surface area contributed by atoms with Gasteiger partial charge in [-0.05, 0) is 18.1 Å². The zero-order chi connectivity index (χ0) is 16.2. The second-order valence-corrected chi connectivity index (χ2v) is 7.11. The van der Waals surface area contributed by atoms with Crippen molar-refractivity contribution in [2.45, 2.75) is 19.4 Å². The summed E-state index contributed by atoms with van der Waals surface area (Å²) in [5, 5.41) is 3.22. The third-order valence-corrected chi connectivity index (χ3v) is 5.50. The number of hydrogen-bond donors (Lipinski definition) is 1. The Labute approximate surface area is 141 Å². The van der Waals surface area contributed by atoms with Crippen molar-refractivity contribution in [3.63, 3.8) is 0 Å². The molecule has 5 nitrogen and oxygen atoms in total. The van der Waals surface area contributed by atoms with Crippen LogP contribution in [0.1, 0.15) is 11.1 Å². The van der Waals surface area contributed by atoms with E-state index in [9.17, 15) is 9.59 Å². The zero-order valence-electron chi connectivity index (χ0n) is 13.5. The fourth-order valence-corrected chi connectivity index (χ4v) is 3.97. The van der Waals surface area contributed by atoms with Crippen LogP contribution in [0.15, 0.2) is 24.3 Å². The highest BCUT2D eigenvalue weighted by atomic mass is 32.2. The first-order valence-electron chi connectivity index (χ1n) is 8.07. The Kier molecular flexibility index (Phi) is 5.23. The van der Waals surface area contributed by atoms with E-state index in [4.69, 9.17) is 0 Å². The lowest BCUT2D eigenvalue weighted by Crippen LogP contribution is -2.54. The summed E-state index contributed by atoms with van der Waals surface area (Å²) in [6, 6.07) is 7.96. The third-order valence-electron chi connectivity index (χ3n) is 4.56. The summed E-state index contributed by atoms with van der Waals surface area (Å²) in [6.45, 7) is 4.58. The van der Waals surface area contributed by atoms with Crippen LogP contribution in [-0.2, 0) is 16.0 Å². The maximum absolute atomic E-state index is 12.5. The maximum atomic E-state index is 12.5. The van der Waals surface area contributed by atoms with Crippen LogP contribution >= 0.6 is 11.8 Å². The molecule has 23 heavy (non-hydrogen) atoms. The van der Waals surface area contributed by atoms with Crippen LogP contribution in [0.5, 0.6) is 0 Å². The summed E-state index contributed by atoms with van der Waals surface area (Å²) in [6.07, 6.45) is 0.446. The van der Waals surface area contributed by atoms with Crippen molar-refractivity contribution in [1.29, 1.82) is 0 Å². The minimum atomic E-state index is -0.0470. The van der Waals surface area contributed by atoms with Gasteiger partial charge in [-0.25, -0.2) is 0 Å². The summed E-state index contributed by atoms with van der Waals surface area (Å²) in [5.74, 6) is 2.04. The van der Waals surface area contributed by atoms with E-state index in [1.165, 1.54) is 0 Å². The number of carbonyl (C=O) groups is 2. The number of hydrogen-bond acceptors (Lipinski definition) is 4. The van der Waals surface area contributed by atoms with Gasteiger partial charge in [0, 0.05) is 37.8 Å². The largest absolute Gasteiger partial charge is 0.339 e. The molecule has 6 heteroatoms. The van der Waals surface area contributed by atoms with Crippen LogP contribution in [-0.4, -0.2) is 65.5 Å². The van der Waals surface area contributed by atoms with Gasteiger partial charge < -0.3 is 9.80 Å². The van der Waals surface area contributed by atoms with Gasteiger partial charge in [-0.1, -0.05) is 24.3 Å². The Balaban J connectivity index is 1.51. The second-order valence-electron chi connectivity index (χ2n) is 6.08.